The lowest BCUT2D eigenvalue weighted by Gasteiger charge is -2.10. The summed E-state index contributed by atoms with van der Waals surface area (Å²) in [6.07, 6.45) is 7.70. The van der Waals surface area contributed by atoms with Crippen LogP contribution in [0.25, 0.3) is 0 Å². The molecule has 0 saturated heterocycles. The van der Waals surface area contributed by atoms with E-state index >= 15 is 0 Å². The average Bonchev–Trinajstić information content (AvgIpc) is 3.03. The zero-order valence-electron chi connectivity index (χ0n) is 12.4. The van der Waals surface area contributed by atoms with Gasteiger partial charge in [-0.3, -0.25) is 4.79 Å². The average molecular weight is 285 g/mol. The number of aliphatic hydroxyl groups is 1. The van der Waals surface area contributed by atoms with E-state index in [0.717, 1.165) is 18.9 Å². The van der Waals surface area contributed by atoms with Gasteiger partial charge in [0.05, 0.1) is 5.56 Å². The first-order valence-corrected chi connectivity index (χ1v) is 7.78. The van der Waals surface area contributed by atoms with Crippen molar-refractivity contribution in [1.82, 2.24) is 5.32 Å². The van der Waals surface area contributed by atoms with Gasteiger partial charge in [0.15, 0.2) is 0 Å². The number of benzene rings is 1. The highest BCUT2D eigenvalue weighted by atomic mass is 16.2. The molecule has 1 fully saturated rings. The zero-order chi connectivity index (χ0) is 14.9. The molecule has 0 aliphatic heterocycles. The Hall–Kier alpha value is -1.79. The van der Waals surface area contributed by atoms with Crippen LogP contribution >= 0.6 is 0 Å². The van der Waals surface area contributed by atoms with E-state index < -0.39 is 0 Å². The maximum absolute atomic E-state index is 12.2. The van der Waals surface area contributed by atoms with Gasteiger partial charge >= 0.3 is 0 Å². The summed E-state index contributed by atoms with van der Waals surface area (Å²) in [4.78, 5) is 12.2. The fraction of sp³-hybridized carbons (Fsp3) is 0.500. The van der Waals surface area contributed by atoms with Crippen LogP contribution in [-0.2, 0) is 0 Å². The Bertz CT molecular complexity index is 522. The molecular formula is C18H23NO2. The molecular weight excluding hydrogens is 262 g/mol. The third-order valence-corrected chi connectivity index (χ3v) is 4.02. The van der Waals surface area contributed by atoms with E-state index in [-0.39, 0.29) is 12.5 Å². The van der Waals surface area contributed by atoms with Crippen molar-refractivity contribution in [3.05, 3.63) is 35.4 Å². The van der Waals surface area contributed by atoms with E-state index in [2.05, 4.69) is 17.2 Å². The number of hydrogen-bond donors (Lipinski definition) is 2. The molecule has 21 heavy (non-hydrogen) atoms. The van der Waals surface area contributed by atoms with Crippen LogP contribution in [0.2, 0.25) is 0 Å². The molecule has 0 radical (unpaired) electrons. The van der Waals surface area contributed by atoms with Crippen molar-refractivity contribution in [2.24, 2.45) is 5.92 Å². The Kier molecular flexibility index (Phi) is 6.30. The molecule has 2 N–H and O–H groups in total. The predicted molar refractivity (Wildman–Crippen MR) is 83.9 cm³/mol. The topological polar surface area (TPSA) is 49.3 Å². The van der Waals surface area contributed by atoms with Crippen LogP contribution in [-0.4, -0.2) is 24.2 Å². The summed E-state index contributed by atoms with van der Waals surface area (Å²) in [5.74, 6) is 6.19. The Labute approximate surface area is 126 Å². The van der Waals surface area contributed by atoms with Gasteiger partial charge in [-0.05, 0) is 30.9 Å². The van der Waals surface area contributed by atoms with E-state index in [1.54, 1.807) is 12.1 Å². The van der Waals surface area contributed by atoms with Gasteiger partial charge < -0.3 is 10.4 Å². The molecule has 2 rings (SSSR count). The van der Waals surface area contributed by atoms with E-state index in [1.807, 2.05) is 12.1 Å². The standard InChI is InChI=1S/C18H23NO2/c20-14-6-11-16-10-3-4-12-17(16)18(21)19-13-5-9-15-7-1-2-8-15/h3-4,10,12,15,20H,1-2,5,7-9,13-14H2,(H,19,21). The zero-order valence-corrected chi connectivity index (χ0v) is 12.4. The molecule has 1 aliphatic carbocycles. The molecule has 0 heterocycles. The van der Waals surface area contributed by atoms with Crippen molar-refractivity contribution in [1.29, 1.82) is 0 Å². The number of hydrogen-bond acceptors (Lipinski definition) is 2. The third kappa shape index (κ3) is 4.91. The minimum absolute atomic E-state index is 0.0794. The van der Waals surface area contributed by atoms with Gasteiger partial charge in [0.25, 0.3) is 5.91 Å². The first-order valence-electron chi connectivity index (χ1n) is 7.78. The number of carbonyl (C=O) groups excluding carboxylic acids is 1. The van der Waals surface area contributed by atoms with Gasteiger partial charge in [0, 0.05) is 12.1 Å². The van der Waals surface area contributed by atoms with Gasteiger partial charge in [-0.25, -0.2) is 0 Å². The lowest BCUT2D eigenvalue weighted by molar-refractivity contribution is 0.0952. The quantitative estimate of drug-likeness (QED) is 0.645. The van der Waals surface area contributed by atoms with Crippen molar-refractivity contribution in [2.75, 3.05) is 13.2 Å². The van der Waals surface area contributed by atoms with Crippen LogP contribution in [0, 0.1) is 17.8 Å². The highest BCUT2D eigenvalue weighted by molar-refractivity contribution is 5.96. The molecule has 0 spiro atoms. The van der Waals surface area contributed by atoms with Crippen LogP contribution in [0.3, 0.4) is 0 Å². The largest absolute Gasteiger partial charge is 0.384 e. The summed E-state index contributed by atoms with van der Waals surface area (Å²) in [5.41, 5.74) is 1.25. The predicted octanol–water partition coefficient (Wildman–Crippen LogP) is 2.73. The molecule has 3 nitrogen and oxygen atoms in total. The number of carbonyl (C=O) groups is 1. The lowest BCUT2D eigenvalue weighted by Crippen LogP contribution is -2.25. The van der Waals surface area contributed by atoms with E-state index in [9.17, 15) is 4.79 Å². The second-order valence-electron chi connectivity index (χ2n) is 5.55. The number of aliphatic hydroxyl groups excluding tert-OH is 1. The Balaban J connectivity index is 1.82. The van der Waals surface area contributed by atoms with Gasteiger partial charge in [0.1, 0.15) is 6.61 Å². The fourth-order valence-electron chi connectivity index (χ4n) is 2.91. The molecule has 1 saturated carbocycles. The maximum atomic E-state index is 12.2. The highest BCUT2D eigenvalue weighted by Gasteiger charge is 2.14. The summed E-state index contributed by atoms with van der Waals surface area (Å²) in [6, 6.07) is 7.25. The van der Waals surface area contributed by atoms with Gasteiger partial charge in [-0.2, -0.15) is 0 Å². The van der Waals surface area contributed by atoms with Gasteiger partial charge in [-0.15, -0.1) is 0 Å². The summed E-state index contributed by atoms with van der Waals surface area (Å²) in [5, 5.41) is 11.7. The second kappa shape index (κ2) is 8.49. The minimum Gasteiger partial charge on any atom is -0.384 e. The van der Waals surface area contributed by atoms with Gasteiger partial charge in [0.2, 0.25) is 0 Å². The van der Waals surface area contributed by atoms with Crippen molar-refractivity contribution in [3.63, 3.8) is 0 Å². The molecule has 1 aromatic rings. The summed E-state index contributed by atoms with van der Waals surface area (Å²) < 4.78 is 0. The Morgan fingerprint density at radius 3 is 2.81 bits per heavy atom. The normalized spacial score (nSPS) is 14.5. The van der Waals surface area contributed by atoms with Crippen LogP contribution in [0.15, 0.2) is 24.3 Å². The molecule has 112 valence electrons. The monoisotopic (exact) mass is 285 g/mol. The summed E-state index contributed by atoms with van der Waals surface area (Å²) >= 11 is 0. The van der Waals surface area contributed by atoms with Crippen LogP contribution in [0.4, 0.5) is 0 Å². The molecule has 1 aliphatic rings. The minimum atomic E-state index is -0.197. The number of rotatable bonds is 5. The number of nitrogens with one attached hydrogen (secondary N) is 1. The molecule has 0 aromatic heterocycles. The van der Waals surface area contributed by atoms with Crippen LogP contribution < -0.4 is 5.32 Å². The number of amides is 1. The van der Waals surface area contributed by atoms with E-state index in [0.29, 0.717) is 11.1 Å². The Morgan fingerprint density at radius 1 is 1.29 bits per heavy atom. The van der Waals surface area contributed by atoms with Crippen LogP contribution in [0.1, 0.15) is 54.4 Å². The fourth-order valence-corrected chi connectivity index (χ4v) is 2.91. The third-order valence-electron chi connectivity index (χ3n) is 4.02. The Morgan fingerprint density at radius 2 is 2.05 bits per heavy atom. The molecule has 0 atom stereocenters. The molecule has 1 amide bonds. The van der Waals surface area contributed by atoms with Gasteiger partial charge in [-0.1, -0.05) is 49.7 Å². The molecule has 0 unspecified atom stereocenters. The lowest BCUT2D eigenvalue weighted by atomic mass is 10.0. The second-order valence-corrected chi connectivity index (χ2v) is 5.55. The maximum Gasteiger partial charge on any atom is 0.252 e. The SMILES string of the molecule is O=C(NCCCC1CCCC1)c1ccccc1C#CCO. The van der Waals surface area contributed by atoms with Crippen molar-refractivity contribution >= 4 is 5.91 Å². The van der Waals surface area contributed by atoms with Crippen LogP contribution in [0.5, 0.6) is 0 Å². The van der Waals surface area contributed by atoms with Crippen molar-refractivity contribution in [3.8, 4) is 11.8 Å². The smallest absolute Gasteiger partial charge is 0.252 e. The summed E-state index contributed by atoms with van der Waals surface area (Å²) in [7, 11) is 0. The summed E-state index contributed by atoms with van der Waals surface area (Å²) in [6.45, 7) is 0.522. The highest BCUT2D eigenvalue weighted by Crippen LogP contribution is 2.28. The van der Waals surface area contributed by atoms with E-state index in [4.69, 9.17) is 5.11 Å². The molecule has 1 aromatic carbocycles. The van der Waals surface area contributed by atoms with Crippen molar-refractivity contribution < 1.29 is 9.90 Å². The van der Waals surface area contributed by atoms with Crippen molar-refractivity contribution in [2.45, 2.75) is 38.5 Å². The molecule has 0 bridgehead atoms. The van der Waals surface area contributed by atoms with E-state index in [1.165, 1.54) is 32.1 Å². The molecule has 3 heteroatoms. The first kappa shape index (κ1) is 15.6. The first-order chi connectivity index (χ1) is 10.3.